The maximum Gasteiger partial charge on any atom is 0.187 e. The number of aromatic nitrogens is 1. The van der Waals surface area contributed by atoms with Crippen molar-refractivity contribution >= 4 is 23.5 Å². The van der Waals surface area contributed by atoms with Gasteiger partial charge < -0.3 is 5.32 Å². The number of pyridine rings is 1. The Kier molecular flexibility index (Phi) is 5.27. The van der Waals surface area contributed by atoms with Crippen molar-refractivity contribution in [3.8, 4) is 0 Å². The first-order valence-corrected chi connectivity index (χ1v) is 7.18. The summed E-state index contributed by atoms with van der Waals surface area (Å²) < 4.78 is 0. The molecule has 0 aromatic carbocycles. The molecular formula is C14H20N4S. The molecule has 0 unspecified atom stereocenters. The molecule has 1 aromatic rings. The Hall–Kier alpha value is -1.49. The van der Waals surface area contributed by atoms with Crippen molar-refractivity contribution in [3.63, 3.8) is 0 Å². The van der Waals surface area contributed by atoms with E-state index in [2.05, 4.69) is 20.8 Å². The van der Waals surface area contributed by atoms with Gasteiger partial charge >= 0.3 is 0 Å². The Morgan fingerprint density at radius 3 is 2.89 bits per heavy atom. The van der Waals surface area contributed by atoms with Crippen LogP contribution in [0.5, 0.6) is 0 Å². The number of aryl methyl sites for hydroxylation is 1. The van der Waals surface area contributed by atoms with Crippen LogP contribution >= 0.6 is 12.2 Å². The van der Waals surface area contributed by atoms with Gasteiger partial charge in [0.1, 0.15) is 0 Å². The Bertz CT molecular complexity index is 453. The molecule has 4 nitrogen and oxygen atoms in total. The van der Waals surface area contributed by atoms with Crippen LogP contribution in [0.15, 0.2) is 23.3 Å². The van der Waals surface area contributed by atoms with E-state index < -0.39 is 0 Å². The third kappa shape index (κ3) is 4.95. The average Bonchev–Trinajstić information content (AvgIpc) is 2.40. The second-order valence-corrected chi connectivity index (χ2v) is 5.29. The molecule has 102 valence electrons. The molecule has 0 amide bonds. The van der Waals surface area contributed by atoms with Crippen LogP contribution in [0.2, 0.25) is 0 Å². The predicted octanol–water partition coefficient (Wildman–Crippen LogP) is 2.52. The Balaban J connectivity index is 1.76. The molecule has 0 bridgehead atoms. The molecule has 0 saturated heterocycles. The lowest BCUT2D eigenvalue weighted by atomic mass is 9.96. The molecule has 2 rings (SSSR count). The number of nitrogens with one attached hydrogen (secondary N) is 2. The van der Waals surface area contributed by atoms with Crippen molar-refractivity contribution in [2.75, 3.05) is 0 Å². The molecule has 1 fully saturated rings. The van der Waals surface area contributed by atoms with Crippen LogP contribution < -0.4 is 10.7 Å². The summed E-state index contributed by atoms with van der Waals surface area (Å²) in [4.78, 5) is 4.33. The minimum atomic E-state index is 0.501. The molecule has 1 aromatic heterocycles. The standard InChI is InChI=1S/C14H20N4S/c1-11-6-5-9-13(16-11)10-15-18-14(19)17-12-7-3-2-4-8-12/h5-6,9-10,12H,2-4,7-8H2,1H3,(H2,17,18,19). The SMILES string of the molecule is Cc1cccc(C=NNC(=S)NC2CCCCC2)n1. The molecule has 0 spiro atoms. The van der Waals surface area contributed by atoms with Crippen molar-refractivity contribution in [2.45, 2.75) is 45.1 Å². The van der Waals surface area contributed by atoms with Gasteiger partial charge in [0.15, 0.2) is 5.11 Å². The highest BCUT2D eigenvalue weighted by atomic mass is 32.1. The van der Waals surface area contributed by atoms with Gasteiger partial charge in [-0.2, -0.15) is 5.10 Å². The first-order valence-electron chi connectivity index (χ1n) is 6.77. The largest absolute Gasteiger partial charge is 0.359 e. The smallest absolute Gasteiger partial charge is 0.187 e. The summed E-state index contributed by atoms with van der Waals surface area (Å²) in [6, 6.07) is 6.33. The fraction of sp³-hybridized carbons (Fsp3) is 0.500. The maximum absolute atomic E-state index is 5.22. The molecule has 0 aliphatic heterocycles. The van der Waals surface area contributed by atoms with Crippen LogP contribution in [0.3, 0.4) is 0 Å². The van der Waals surface area contributed by atoms with Crippen LogP contribution in [0.1, 0.15) is 43.5 Å². The zero-order chi connectivity index (χ0) is 13.5. The van der Waals surface area contributed by atoms with Gasteiger partial charge in [-0.1, -0.05) is 25.3 Å². The Labute approximate surface area is 119 Å². The van der Waals surface area contributed by atoms with E-state index in [4.69, 9.17) is 12.2 Å². The molecule has 2 N–H and O–H groups in total. The van der Waals surface area contributed by atoms with Gasteiger partial charge in [-0.25, -0.2) is 0 Å². The molecule has 1 heterocycles. The second kappa shape index (κ2) is 7.19. The third-order valence-corrected chi connectivity index (χ3v) is 3.42. The molecule has 0 radical (unpaired) electrons. The summed E-state index contributed by atoms with van der Waals surface area (Å²) in [7, 11) is 0. The zero-order valence-corrected chi connectivity index (χ0v) is 12.0. The summed E-state index contributed by atoms with van der Waals surface area (Å²) in [6.07, 6.45) is 8.00. The summed E-state index contributed by atoms with van der Waals surface area (Å²) >= 11 is 5.22. The third-order valence-electron chi connectivity index (χ3n) is 3.21. The van der Waals surface area contributed by atoms with E-state index in [-0.39, 0.29) is 0 Å². The van der Waals surface area contributed by atoms with Crippen molar-refractivity contribution in [3.05, 3.63) is 29.6 Å². The van der Waals surface area contributed by atoms with E-state index in [1.807, 2.05) is 25.1 Å². The van der Waals surface area contributed by atoms with Crippen molar-refractivity contribution in [1.29, 1.82) is 0 Å². The van der Waals surface area contributed by atoms with E-state index in [9.17, 15) is 0 Å². The van der Waals surface area contributed by atoms with E-state index >= 15 is 0 Å². The van der Waals surface area contributed by atoms with Gasteiger partial charge in [0, 0.05) is 11.7 Å². The van der Waals surface area contributed by atoms with Crippen LogP contribution in [0.4, 0.5) is 0 Å². The summed E-state index contributed by atoms with van der Waals surface area (Å²) in [5, 5.41) is 8.00. The molecular weight excluding hydrogens is 256 g/mol. The molecule has 1 aliphatic rings. The number of nitrogens with zero attached hydrogens (tertiary/aromatic N) is 2. The first kappa shape index (κ1) is 13.9. The Morgan fingerprint density at radius 2 is 2.16 bits per heavy atom. The average molecular weight is 276 g/mol. The van der Waals surface area contributed by atoms with Gasteiger partial charge in [-0.15, -0.1) is 0 Å². The van der Waals surface area contributed by atoms with Gasteiger partial charge in [0.2, 0.25) is 0 Å². The predicted molar refractivity (Wildman–Crippen MR) is 82.3 cm³/mol. The molecule has 19 heavy (non-hydrogen) atoms. The van der Waals surface area contributed by atoms with Crippen LogP contribution in [0.25, 0.3) is 0 Å². The normalized spacial score (nSPS) is 16.5. The summed E-state index contributed by atoms with van der Waals surface area (Å²) in [6.45, 7) is 1.96. The van der Waals surface area contributed by atoms with Gasteiger partial charge in [0.25, 0.3) is 0 Å². The van der Waals surface area contributed by atoms with Crippen molar-refractivity contribution < 1.29 is 0 Å². The zero-order valence-electron chi connectivity index (χ0n) is 11.2. The van der Waals surface area contributed by atoms with Crippen molar-refractivity contribution in [1.82, 2.24) is 15.7 Å². The quantitative estimate of drug-likeness (QED) is 0.506. The number of hydrazone groups is 1. The minimum absolute atomic E-state index is 0.501. The second-order valence-electron chi connectivity index (χ2n) is 4.88. The number of rotatable bonds is 3. The monoisotopic (exact) mass is 276 g/mol. The summed E-state index contributed by atoms with van der Waals surface area (Å²) in [5.74, 6) is 0. The van der Waals surface area contributed by atoms with Gasteiger partial charge in [-0.05, 0) is 44.1 Å². The fourth-order valence-electron chi connectivity index (χ4n) is 2.26. The van der Waals surface area contributed by atoms with E-state index in [1.54, 1.807) is 6.21 Å². The first-order chi connectivity index (χ1) is 9.24. The lowest BCUT2D eigenvalue weighted by molar-refractivity contribution is 0.412. The highest BCUT2D eigenvalue weighted by Gasteiger charge is 2.13. The van der Waals surface area contributed by atoms with E-state index in [1.165, 1.54) is 32.1 Å². The highest BCUT2D eigenvalue weighted by Crippen LogP contribution is 2.17. The highest BCUT2D eigenvalue weighted by molar-refractivity contribution is 7.80. The lowest BCUT2D eigenvalue weighted by Gasteiger charge is -2.23. The molecule has 5 heteroatoms. The summed E-state index contributed by atoms with van der Waals surface area (Å²) in [5.41, 5.74) is 4.65. The molecule has 1 aliphatic carbocycles. The van der Waals surface area contributed by atoms with Crippen LogP contribution in [0, 0.1) is 6.92 Å². The fourth-order valence-corrected chi connectivity index (χ4v) is 2.48. The van der Waals surface area contributed by atoms with Gasteiger partial charge in [0.05, 0.1) is 11.9 Å². The Morgan fingerprint density at radius 1 is 1.37 bits per heavy atom. The van der Waals surface area contributed by atoms with Crippen LogP contribution in [-0.2, 0) is 0 Å². The maximum atomic E-state index is 5.22. The van der Waals surface area contributed by atoms with Gasteiger partial charge in [-0.3, -0.25) is 10.4 Å². The lowest BCUT2D eigenvalue weighted by Crippen LogP contribution is -2.40. The van der Waals surface area contributed by atoms with E-state index in [0.29, 0.717) is 11.2 Å². The minimum Gasteiger partial charge on any atom is -0.359 e. The van der Waals surface area contributed by atoms with Crippen LogP contribution in [-0.4, -0.2) is 22.4 Å². The topological polar surface area (TPSA) is 49.3 Å². The molecule has 1 saturated carbocycles. The number of hydrogen-bond donors (Lipinski definition) is 2. The number of hydrogen-bond acceptors (Lipinski definition) is 3. The molecule has 0 atom stereocenters. The van der Waals surface area contributed by atoms with Crippen molar-refractivity contribution in [2.24, 2.45) is 5.10 Å². The number of thiocarbonyl (C=S) groups is 1. The van der Waals surface area contributed by atoms with E-state index in [0.717, 1.165) is 11.4 Å².